The molecule has 0 saturated carbocycles. The van der Waals surface area contributed by atoms with Gasteiger partial charge in [-0.25, -0.2) is 13.1 Å². The van der Waals surface area contributed by atoms with E-state index in [1.807, 2.05) is 25.1 Å². The number of sulfonamides is 1. The summed E-state index contributed by atoms with van der Waals surface area (Å²) in [6.45, 7) is 1.71. The number of hydrogen-bond donors (Lipinski definition) is 2. The second-order valence-electron chi connectivity index (χ2n) is 5.15. The van der Waals surface area contributed by atoms with Crippen LogP contribution in [0.1, 0.15) is 12.8 Å². The zero-order valence-electron chi connectivity index (χ0n) is 11.7. The van der Waals surface area contributed by atoms with Gasteiger partial charge in [0.15, 0.2) is 0 Å². The van der Waals surface area contributed by atoms with Gasteiger partial charge in [-0.15, -0.1) is 0 Å². The van der Waals surface area contributed by atoms with Gasteiger partial charge in [0, 0.05) is 30.3 Å². The Morgan fingerprint density at radius 3 is 2.55 bits per heavy atom. The van der Waals surface area contributed by atoms with Gasteiger partial charge in [-0.1, -0.05) is 0 Å². The molecule has 1 aliphatic heterocycles. The van der Waals surface area contributed by atoms with Crippen molar-refractivity contribution in [1.82, 2.24) is 10.0 Å². The largest absolute Gasteiger partial charge is 0.378 e. The molecule has 0 atom stereocenters. The standard InChI is InChI=1S/C13H20BrN3O2S/c1-17(2)11-3-4-12(14)13(9-11)20(18,19)16-10-5-7-15-8-6-10/h3-4,9-10,15-16H,5-8H2,1-2H3. The minimum Gasteiger partial charge on any atom is -0.378 e. The maximum Gasteiger partial charge on any atom is 0.242 e. The molecule has 1 aliphatic rings. The Bertz CT molecular complexity index is 569. The molecule has 0 amide bonds. The fourth-order valence-corrected chi connectivity index (χ4v) is 4.49. The SMILES string of the molecule is CN(C)c1ccc(Br)c(S(=O)(=O)NC2CCNCC2)c1. The van der Waals surface area contributed by atoms with E-state index in [-0.39, 0.29) is 6.04 Å². The van der Waals surface area contributed by atoms with Crippen LogP contribution >= 0.6 is 15.9 Å². The van der Waals surface area contributed by atoms with E-state index in [1.54, 1.807) is 12.1 Å². The Hall–Kier alpha value is -0.630. The van der Waals surface area contributed by atoms with Gasteiger partial charge in [0.05, 0.1) is 4.90 Å². The first kappa shape index (κ1) is 15.8. The fourth-order valence-electron chi connectivity index (χ4n) is 2.20. The molecule has 0 unspecified atom stereocenters. The summed E-state index contributed by atoms with van der Waals surface area (Å²) in [5, 5.41) is 3.22. The van der Waals surface area contributed by atoms with E-state index in [9.17, 15) is 8.42 Å². The van der Waals surface area contributed by atoms with E-state index in [0.717, 1.165) is 31.6 Å². The number of anilines is 1. The molecule has 0 aromatic heterocycles. The maximum atomic E-state index is 12.5. The molecular weight excluding hydrogens is 342 g/mol. The molecule has 0 aliphatic carbocycles. The van der Waals surface area contributed by atoms with Crippen molar-refractivity contribution in [3.63, 3.8) is 0 Å². The van der Waals surface area contributed by atoms with Crippen molar-refractivity contribution in [3.05, 3.63) is 22.7 Å². The van der Waals surface area contributed by atoms with Crippen LogP contribution in [0.25, 0.3) is 0 Å². The highest BCUT2D eigenvalue weighted by molar-refractivity contribution is 9.10. The highest BCUT2D eigenvalue weighted by atomic mass is 79.9. The second-order valence-corrected chi connectivity index (χ2v) is 7.69. The van der Waals surface area contributed by atoms with Gasteiger partial charge in [0.25, 0.3) is 0 Å². The summed E-state index contributed by atoms with van der Waals surface area (Å²) in [6, 6.07) is 5.35. The number of halogens is 1. The zero-order valence-corrected chi connectivity index (χ0v) is 14.1. The van der Waals surface area contributed by atoms with E-state index < -0.39 is 10.0 Å². The van der Waals surface area contributed by atoms with E-state index in [2.05, 4.69) is 26.0 Å². The van der Waals surface area contributed by atoms with Gasteiger partial charge in [0.1, 0.15) is 0 Å². The average Bonchev–Trinajstić information content (AvgIpc) is 2.39. The van der Waals surface area contributed by atoms with E-state index in [0.29, 0.717) is 9.37 Å². The van der Waals surface area contributed by atoms with Gasteiger partial charge in [-0.3, -0.25) is 0 Å². The summed E-state index contributed by atoms with van der Waals surface area (Å²) in [4.78, 5) is 2.18. The van der Waals surface area contributed by atoms with Crippen molar-refractivity contribution in [2.24, 2.45) is 0 Å². The summed E-state index contributed by atoms with van der Waals surface area (Å²) in [6.07, 6.45) is 1.65. The van der Waals surface area contributed by atoms with Crippen LogP contribution in [0.15, 0.2) is 27.6 Å². The lowest BCUT2D eigenvalue weighted by molar-refractivity contribution is 0.427. The molecule has 7 heteroatoms. The highest BCUT2D eigenvalue weighted by Gasteiger charge is 2.24. The van der Waals surface area contributed by atoms with Crippen molar-refractivity contribution in [2.45, 2.75) is 23.8 Å². The first-order valence-electron chi connectivity index (χ1n) is 6.60. The Morgan fingerprint density at radius 2 is 1.95 bits per heavy atom. The molecule has 1 aromatic carbocycles. The molecular formula is C13H20BrN3O2S. The predicted molar refractivity (Wildman–Crippen MR) is 84.7 cm³/mol. The Labute approximate surface area is 128 Å². The normalized spacial score (nSPS) is 17.1. The summed E-state index contributed by atoms with van der Waals surface area (Å²) < 4.78 is 28.4. The Balaban J connectivity index is 2.26. The predicted octanol–water partition coefficient (Wildman–Crippen LogP) is 1.55. The molecule has 0 radical (unpaired) electrons. The minimum atomic E-state index is -3.50. The van der Waals surface area contributed by atoms with Gasteiger partial charge in [-0.05, 0) is 60.1 Å². The van der Waals surface area contributed by atoms with E-state index in [1.165, 1.54) is 0 Å². The number of hydrogen-bond acceptors (Lipinski definition) is 4. The Kier molecular flexibility index (Phi) is 5.06. The van der Waals surface area contributed by atoms with Crippen LogP contribution < -0.4 is 14.9 Å². The summed E-state index contributed by atoms with van der Waals surface area (Å²) in [7, 11) is 0.280. The molecule has 2 N–H and O–H groups in total. The molecule has 1 aromatic rings. The van der Waals surface area contributed by atoms with Crippen LogP contribution in [0, 0.1) is 0 Å². The lowest BCUT2D eigenvalue weighted by Gasteiger charge is -2.24. The molecule has 2 rings (SSSR count). The van der Waals surface area contributed by atoms with E-state index >= 15 is 0 Å². The van der Waals surface area contributed by atoms with Crippen LogP contribution in [0.3, 0.4) is 0 Å². The smallest absolute Gasteiger partial charge is 0.242 e. The number of nitrogens with zero attached hydrogens (tertiary/aromatic N) is 1. The third kappa shape index (κ3) is 3.72. The van der Waals surface area contributed by atoms with Crippen molar-refractivity contribution in [1.29, 1.82) is 0 Å². The van der Waals surface area contributed by atoms with E-state index in [4.69, 9.17) is 0 Å². The van der Waals surface area contributed by atoms with Gasteiger partial charge < -0.3 is 10.2 Å². The van der Waals surface area contributed by atoms with Gasteiger partial charge in [-0.2, -0.15) is 0 Å². The lowest BCUT2D eigenvalue weighted by atomic mass is 10.1. The van der Waals surface area contributed by atoms with Crippen molar-refractivity contribution >= 4 is 31.6 Å². The molecule has 20 heavy (non-hydrogen) atoms. The number of rotatable bonds is 4. The second kappa shape index (κ2) is 6.43. The summed E-state index contributed by atoms with van der Waals surface area (Å²) in [5.41, 5.74) is 0.860. The number of benzene rings is 1. The quantitative estimate of drug-likeness (QED) is 0.853. The highest BCUT2D eigenvalue weighted by Crippen LogP contribution is 2.27. The molecule has 5 nitrogen and oxygen atoms in total. The number of piperidine rings is 1. The maximum absolute atomic E-state index is 12.5. The van der Waals surface area contributed by atoms with Crippen LogP contribution in [-0.4, -0.2) is 41.6 Å². The van der Waals surface area contributed by atoms with Crippen LogP contribution in [-0.2, 0) is 10.0 Å². The third-order valence-corrected chi connectivity index (χ3v) is 5.90. The average molecular weight is 362 g/mol. The minimum absolute atomic E-state index is 0.0103. The molecule has 1 saturated heterocycles. The summed E-state index contributed by atoms with van der Waals surface area (Å²) in [5.74, 6) is 0. The molecule has 1 heterocycles. The van der Waals surface area contributed by atoms with Crippen molar-refractivity contribution in [2.75, 3.05) is 32.1 Å². The first-order valence-corrected chi connectivity index (χ1v) is 8.88. The van der Waals surface area contributed by atoms with Crippen LogP contribution in [0.4, 0.5) is 5.69 Å². The Morgan fingerprint density at radius 1 is 1.30 bits per heavy atom. The topological polar surface area (TPSA) is 61.4 Å². The lowest BCUT2D eigenvalue weighted by Crippen LogP contribution is -2.42. The fraction of sp³-hybridized carbons (Fsp3) is 0.538. The molecule has 0 spiro atoms. The number of nitrogens with one attached hydrogen (secondary N) is 2. The van der Waals surface area contributed by atoms with Gasteiger partial charge in [0.2, 0.25) is 10.0 Å². The van der Waals surface area contributed by atoms with Crippen LogP contribution in [0.5, 0.6) is 0 Å². The molecule has 1 fully saturated rings. The molecule has 112 valence electrons. The third-order valence-electron chi connectivity index (χ3n) is 3.38. The van der Waals surface area contributed by atoms with Crippen molar-refractivity contribution in [3.8, 4) is 0 Å². The zero-order chi connectivity index (χ0) is 14.8. The van der Waals surface area contributed by atoms with Crippen molar-refractivity contribution < 1.29 is 8.42 Å². The summed E-state index contributed by atoms with van der Waals surface area (Å²) >= 11 is 3.33. The first-order chi connectivity index (χ1) is 9.40. The monoisotopic (exact) mass is 361 g/mol. The molecule has 0 bridgehead atoms. The van der Waals surface area contributed by atoms with Gasteiger partial charge >= 0.3 is 0 Å². The van der Waals surface area contributed by atoms with Crippen LogP contribution in [0.2, 0.25) is 0 Å².